The highest BCUT2D eigenvalue weighted by molar-refractivity contribution is 6.39. The van der Waals surface area contributed by atoms with Gasteiger partial charge in [-0.2, -0.15) is 4.98 Å². The Kier molecular flexibility index (Phi) is 9.04. The number of carbonyl (C=O) groups is 1. The van der Waals surface area contributed by atoms with Crippen molar-refractivity contribution in [3.63, 3.8) is 0 Å². The van der Waals surface area contributed by atoms with Gasteiger partial charge in [-0.25, -0.2) is 4.98 Å². The smallest absolute Gasteiger partial charge is 0.256 e. The van der Waals surface area contributed by atoms with Gasteiger partial charge in [0.2, 0.25) is 11.8 Å². The van der Waals surface area contributed by atoms with Crippen LogP contribution in [0.15, 0.2) is 36.4 Å². The number of nitrogens with two attached hydrogens (primary N) is 1. The fraction of sp³-hybridized carbons (Fsp3) is 0.346. The lowest BCUT2D eigenvalue weighted by atomic mass is 10.1. The Morgan fingerprint density at radius 1 is 1.16 bits per heavy atom. The summed E-state index contributed by atoms with van der Waals surface area (Å²) in [4.78, 5) is 23.5. The third-order valence-corrected chi connectivity index (χ3v) is 6.56. The van der Waals surface area contributed by atoms with E-state index < -0.39 is 5.91 Å². The number of rotatable bonds is 10. The van der Waals surface area contributed by atoms with Crippen molar-refractivity contribution < 1.29 is 19.0 Å². The van der Waals surface area contributed by atoms with Gasteiger partial charge < -0.3 is 25.3 Å². The van der Waals surface area contributed by atoms with Crippen molar-refractivity contribution in [1.29, 1.82) is 0 Å². The van der Waals surface area contributed by atoms with Crippen molar-refractivity contribution in [3.8, 4) is 22.9 Å². The summed E-state index contributed by atoms with van der Waals surface area (Å²) in [6.45, 7) is 7.11. The molecule has 1 aromatic heterocycles. The molecule has 1 aliphatic rings. The number of hydrogen-bond acceptors (Lipinski definition) is 8. The highest BCUT2D eigenvalue weighted by atomic mass is 35.5. The van der Waals surface area contributed by atoms with Gasteiger partial charge >= 0.3 is 0 Å². The quantitative estimate of drug-likeness (QED) is 0.352. The molecular weight excluding hydrogens is 517 g/mol. The molecule has 0 saturated carbocycles. The number of benzene rings is 2. The van der Waals surface area contributed by atoms with Gasteiger partial charge in [0.1, 0.15) is 11.3 Å². The lowest BCUT2D eigenvalue weighted by molar-refractivity contribution is 0.0358. The Morgan fingerprint density at radius 3 is 2.54 bits per heavy atom. The zero-order chi connectivity index (χ0) is 26.4. The number of amides is 1. The summed E-state index contributed by atoms with van der Waals surface area (Å²) in [6, 6.07) is 10.7. The van der Waals surface area contributed by atoms with Gasteiger partial charge in [-0.3, -0.25) is 9.69 Å². The first kappa shape index (κ1) is 26.9. The van der Waals surface area contributed by atoms with Crippen LogP contribution in [0.1, 0.15) is 22.3 Å². The molecule has 4 rings (SSSR count). The molecule has 1 saturated heterocycles. The lowest BCUT2D eigenvalue weighted by Gasteiger charge is -2.26. The molecule has 3 aromatic rings. The van der Waals surface area contributed by atoms with Crippen molar-refractivity contribution in [2.75, 3.05) is 51.9 Å². The molecule has 0 radical (unpaired) electrons. The molecule has 37 heavy (non-hydrogen) atoms. The highest BCUT2D eigenvalue weighted by Gasteiger charge is 2.24. The molecule has 3 N–H and O–H groups in total. The minimum atomic E-state index is -0.764. The number of ether oxygens (including phenoxy) is 3. The Hall–Kier alpha value is -3.11. The van der Waals surface area contributed by atoms with E-state index in [9.17, 15) is 4.79 Å². The van der Waals surface area contributed by atoms with Crippen LogP contribution in [0.25, 0.3) is 11.3 Å². The van der Waals surface area contributed by atoms with E-state index >= 15 is 0 Å². The van der Waals surface area contributed by atoms with Crippen molar-refractivity contribution in [2.24, 2.45) is 5.73 Å². The van der Waals surface area contributed by atoms with Crippen LogP contribution < -0.4 is 20.5 Å². The minimum Gasteiger partial charge on any atom is -0.493 e. The molecule has 1 fully saturated rings. The van der Waals surface area contributed by atoms with Crippen molar-refractivity contribution >= 4 is 40.7 Å². The molecule has 0 bridgehead atoms. The van der Waals surface area contributed by atoms with E-state index in [1.165, 1.54) is 7.11 Å². The number of aryl methyl sites for hydroxylation is 1. The molecule has 2 aromatic carbocycles. The number of methoxy groups -OCH3 is 1. The first-order chi connectivity index (χ1) is 17.9. The van der Waals surface area contributed by atoms with E-state index in [-0.39, 0.29) is 23.1 Å². The van der Waals surface area contributed by atoms with E-state index in [2.05, 4.69) is 20.2 Å². The molecule has 0 aliphatic carbocycles. The SMILES string of the molecule is COc1nc(Nc2ccc(OCCCN3CCOCC3)c(C)c2)nc(-c2c(Cl)cccc2Cl)c1C(N)=O. The molecule has 0 atom stereocenters. The van der Waals surface area contributed by atoms with Crippen LogP contribution >= 0.6 is 23.2 Å². The first-order valence-electron chi connectivity index (χ1n) is 11.9. The standard InChI is InChI=1S/C26H29Cl2N5O4/c1-16-15-17(7-8-20(16)37-12-4-9-33-10-13-36-14-11-33)30-26-31-23(21-18(27)5-3-6-19(21)28)22(24(29)34)25(32-26)35-2/h3,5-8,15H,4,9-14H2,1-2H3,(H2,29,34)(H,30,31,32). The highest BCUT2D eigenvalue weighted by Crippen LogP contribution is 2.38. The topological polar surface area (TPSA) is 112 Å². The van der Waals surface area contributed by atoms with E-state index in [1.807, 2.05) is 25.1 Å². The minimum absolute atomic E-state index is 0.00734. The number of nitrogens with zero attached hydrogens (tertiary/aromatic N) is 3. The molecule has 196 valence electrons. The summed E-state index contributed by atoms with van der Waals surface area (Å²) in [6.07, 6.45) is 0.937. The van der Waals surface area contributed by atoms with E-state index in [1.54, 1.807) is 18.2 Å². The molecule has 2 heterocycles. The summed E-state index contributed by atoms with van der Waals surface area (Å²) in [5, 5.41) is 3.78. The van der Waals surface area contributed by atoms with Gasteiger partial charge in [0.05, 0.1) is 42.7 Å². The van der Waals surface area contributed by atoms with Gasteiger partial charge in [0, 0.05) is 30.9 Å². The summed E-state index contributed by atoms with van der Waals surface area (Å²) in [7, 11) is 1.39. The van der Waals surface area contributed by atoms with Gasteiger partial charge in [-0.15, -0.1) is 0 Å². The second-order valence-electron chi connectivity index (χ2n) is 8.50. The zero-order valence-corrected chi connectivity index (χ0v) is 22.2. The number of anilines is 2. The van der Waals surface area contributed by atoms with Crippen LogP contribution in [0, 0.1) is 6.92 Å². The Balaban J connectivity index is 1.52. The zero-order valence-electron chi connectivity index (χ0n) is 20.7. The maximum atomic E-state index is 12.3. The van der Waals surface area contributed by atoms with E-state index in [0.717, 1.165) is 56.3 Å². The molecule has 11 heteroatoms. The van der Waals surface area contributed by atoms with Crippen molar-refractivity contribution in [2.45, 2.75) is 13.3 Å². The van der Waals surface area contributed by atoms with Crippen LogP contribution in [0.2, 0.25) is 10.0 Å². The number of halogens is 2. The second kappa shape index (κ2) is 12.4. The molecule has 0 unspecified atom stereocenters. The average molecular weight is 546 g/mol. The van der Waals surface area contributed by atoms with Gasteiger partial charge in [0.15, 0.2) is 0 Å². The number of morpholine rings is 1. The fourth-order valence-corrected chi connectivity index (χ4v) is 4.66. The third-order valence-electron chi connectivity index (χ3n) is 5.93. The maximum Gasteiger partial charge on any atom is 0.256 e. The van der Waals surface area contributed by atoms with Crippen LogP contribution in [0.5, 0.6) is 11.6 Å². The first-order valence-corrected chi connectivity index (χ1v) is 12.6. The van der Waals surface area contributed by atoms with Crippen LogP contribution in [-0.2, 0) is 4.74 Å². The second-order valence-corrected chi connectivity index (χ2v) is 9.32. The van der Waals surface area contributed by atoms with Crippen molar-refractivity contribution in [1.82, 2.24) is 14.9 Å². The number of carbonyl (C=O) groups excluding carboxylic acids is 1. The summed E-state index contributed by atoms with van der Waals surface area (Å²) < 4.78 is 16.7. The average Bonchev–Trinajstić information content (AvgIpc) is 2.87. The molecule has 1 aliphatic heterocycles. The number of aromatic nitrogens is 2. The lowest BCUT2D eigenvalue weighted by Crippen LogP contribution is -2.37. The largest absolute Gasteiger partial charge is 0.493 e. The molecular formula is C26H29Cl2N5O4. The van der Waals surface area contributed by atoms with E-state index in [0.29, 0.717) is 22.2 Å². The van der Waals surface area contributed by atoms with Gasteiger partial charge in [-0.1, -0.05) is 29.3 Å². The number of nitrogens with one attached hydrogen (secondary N) is 1. The Bertz CT molecular complexity index is 1250. The Labute approximate surface area is 225 Å². The maximum absolute atomic E-state index is 12.3. The summed E-state index contributed by atoms with van der Waals surface area (Å²) >= 11 is 12.8. The number of hydrogen-bond donors (Lipinski definition) is 2. The molecule has 0 spiro atoms. The summed E-state index contributed by atoms with van der Waals surface area (Å²) in [5.41, 5.74) is 7.83. The van der Waals surface area contributed by atoms with Crippen molar-refractivity contribution in [3.05, 3.63) is 57.6 Å². The van der Waals surface area contributed by atoms with Gasteiger partial charge in [-0.05, 0) is 49.2 Å². The predicted octanol–water partition coefficient (Wildman–Crippen LogP) is 4.71. The van der Waals surface area contributed by atoms with Gasteiger partial charge in [0.25, 0.3) is 5.91 Å². The predicted molar refractivity (Wildman–Crippen MR) is 144 cm³/mol. The monoisotopic (exact) mass is 545 g/mol. The normalized spacial score (nSPS) is 13.8. The third kappa shape index (κ3) is 6.61. The Morgan fingerprint density at radius 2 is 1.89 bits per heavy atom. The summed E-state index contributed by atoms with van der Waals surface area (Å²) in [5.74, 6) is 0.235. The van der Waals surface area contributed by atoms with Crippen LogP contribution in [-0.4, -0.2) is 67.3 Å². The fourth-order valence-electron chi connectivity index (χ4n) is 4.08. The molecule has 1 amide bonds. The van der Waals surface area contributed by atoms with Crippen LogP contribution in [0.4, 0.5) is 11.6 Å². The van der Waals surface area contributed by atoms with E-state index in [4.69, 9.17) is 43.1 Å². The molecule has 9 nitrogen and oxygen atoms in total. The van der Waals surface area contributed by atoms with Crippen LogP contribution in [0.3, 0.4) is 0 Å². The number of primary amides is 1.